The Morgan fingerprint density at radius 3 is 2.82 bits per heavy atom. The maximum absolute atomic E-state index is 12.0. The van der Waals surface area contributed by atoms with E-state index in [0.29, 0.717) is 12.1 Å². The number of nitriles is 1. The van der Waals surface area contributed by atoms with Gasteiger partial charge in [0.05, 0.1) is 17.6 Å². The number of carbonyl (C=O) groups excluding carboxylic acids is 1. The van der Waals surface area contributed by atoms with Crippen molar-refractivity contribution in [1.29, 1.82) is 5.26 Å². The van der Waals surface area contributed by atoms with Gasteiger partial charge in [-0.15, -0.1) is 0 Å². The molecular weight excluding hydrogens is 216 g/mol. The molecule has 17 heavy (non-hydrogen) atoms. The van der Waals surface area contributed by atoms with Gasteiger partial charge >= 0.3 is 0 Å². The van der Waals surface area contributed by atoms with Gasteiger partial charge in [0.25, 0.3) is 5.91 Å². The topological polar surface area (TPSA) is 64.3 Å². The van der Waals surface area contributed by atoms with Crippen LogP contribution in [0.2, 0.25) is 0 Å². The van der Waals surface area contributed by atoms with E-state index < -0.39 is 0 Å². The van der Waals surface area contributed by atoms with Gasteiger partial charge in [0.1, 0.15) is 5.75 Å². The normalized spacial score (nSPS) is 11.6. The molecule has 0 bridgehead atoms. The van der Waals surface area contributed by atoms with Crippen LogP contribution in [0.3, 0.4) is 0 Å². The van der Waals surface area contributed by atoms with E-state index in [1.165, 1.54) is 4.90 Å². The van der Waals surface area contributed by atoms with Gasteiger partial charge in [-0.1, -0.05) is 12.1 Å². The SMILES string of the molecule is Cc1cccc(C(=O)N(C)CC(C)C#N)c1O. The monoisotopic (exact) mass is 232 g/mol. The Morgan fingerprint density at radius 1 is 1.59 bits per heavy atom. The van der Waals surface area contributed by atoms with E-state index in [0.717, 1.165) is 0 Å². The molecule has 0 spiro atoms. The number of carbonyl (C=O) groups is 1. The number of rotatable bonds is 3. The largest absolute Gasteiger partial charge is 0.507 e. The van der Waals surface area contributed by atoms with Crippen molar-refractivity contribution >= 4 is 5.91 Å². The Bertz CT molecular complexity index is 463. The van der Waals surface area contributed by atoms with Gasteiger partial charge in [-0.2, -0.15) is 5.26 Å². The Labute approximate surface area is 101 Å². The van der Waals surface area contributed by atoms with Gasteiger partial charge in [-0.05, 0) is 25.5 Å². The van der Waals surface area contributed by atoms with Crippen LogP contribution in [-0.4, -0.2) is 29.5 Å². The molecule has 1 aromatic carbocycles. The van der Waals surface area contributed by atoms with Gasteiger partial charge in [-0.3, -0.25) is 4.79 Å². The lowest BCUT2D eigenvalue weighted by atomic mass is 10.1. The van der Waals surface area contributed by atoms with Crippen molar-refractivity contribution in [1.82, 2.24) is 4.90 Å². The van der Waals surface area contributed by atoms with Crippen molar-refractivity contribution in [2.75, 3.05) is 13.6 Å². The first-order valence-electron chi connectivity index (χ1n) is 5.41. The zero-order valence-corrected chi connectivity index (χ0v) is 10.3. The molecule has 1 atom stereocenters. The standard InChI is InChI=1S/C13H16N2O2/c1-9(7-14)8-15(3)13(17)11-6-4-5-10(2)12(11)16/h4-6,9,16H,8H2,1-3H3. The summed E-state index contributed by atoms with van der Waals surface area (Å²) in [6.07, 6.45) is 0. The molecule has 0 saturated carbocycles. The summed E-state index contributed by atoms with van der Waals surface area (Å²) in [5.41, 5.74) is 0.940. The second kappa shape index (κ2) is 5.35. The predicted molar refractivity (Wildman–Crippen MR) is 64.6 cm³/mol. The molecule has 0 saturated heterocycles. The summed E-state index contributed by atoms with van der Waals surface area (Å²) in [6.45, 7) is 3.84. The minimum absolute atomic E-state index is 0.00830. The van der Waals surface area contributed by atoms with Gasteiger partial charge in [0, 0.05) is 13.6 Å². The van der Waals surface area contributed by atoms with Crippen LogP contribution in [0.15, 0.2) is 18.2 Å². The number of phenolic OH excluding ortho intramolecular Hbond substituents is 1. The van der Waals surface area contributed by atoms with Crippen molar-refractivity contribution in [2.45, 2.75) is 13.8 Å². The third kappa shape index (κ3) is 2.97. The number of benzene rings is 1. The Morgan fingerprint density at radius 2 is 2.24 bits per heavy atom. The molecule has 0 aliphatic rings. The Balaban J connectivity index is 2.90. The van der Waals surface area contributed by atoms with Gasteiger partial charge < -0.3 is 10.0 Å². The average Bonchev–Trinajstić information content (AvgIpc) is 2.31. The molecule has 0 aromatic heterocycles. The van der Waals surface area contributed by atoms with Crippen molar-refractivity contribution in [3.63, 3.8) is 0 Å². The Kier molecular flexibility index (Phi) is 4.11. The van der Waals surface area contributed by atoms with Gasteiger partial charge in [0.2, 0.25) is 0 Å². The third-order valence-electron chi connectivity index (χ3n) is 2.58. The minimum Gasteiger partial charge on any atom is -0.507 e. The molecule has 4 heteroatoms. The predicted octanol–water partition coefficient (Wildman–Crippen LogP) is 1.93. The van der Waals surface area contributed by atoms with Crippen LogP contribution in [0.4, 0.5) is 0 Å². The Hall–Kier alpha value is -2.02. The highest BCUT2D eigenvalue weighted by atomic mass is 16.3. The highest BCUT2D eigenvalue weighted by Crippen LogP contribution is 2.22. The van der Waals surface area contributed by atoms with Crippen LogP contribution < -0.4 is 0 Å². The number of phenols is 1. The number of hydrogen-bond acceptors (Lipinski definition) is 3. The van der Waals surface area contributed by atoms with E-state index in [4.69, 9.17) is 5.26 Å². The fraction of sp³-hybridized carbons (Fsp3) is 0.385. The molecular formula is C13H16N2O2. The lowest BCUT2D eigenvalue weighted by Crippen LogP contribution is -2.30. The zero-order valence-electron chi connectivity index (χ0n) is 10.3. The number of nitrogens with zero attached hydrogens (tertiary/aromatic N) is 2. The van der Waals surface area contributed by atoms with Crippen LogP contribution in [0, 0.1) is 24.2 Å². The van der Waals surface area contributed by atoms with Crippen LogP contribution in [0.1, 0.15) is 22.8 Å². The molecule has 0 heterocycles. The maximum Gasteiger partial charge on any atom is 0.257 e. The van der Waals surface area contributed by atoms with E-state index in [-0.39, 0.29) is 23.1 Å². The molecule has 1 unspecified atom stereocenters. The number of aromatic hydroxyl groups is 1. The molecule has 0 fully saturated rings. The van der Waals surface area contributed by atoms with E-state index in [9.17, 15) is 9.90 Å². The minimum atomic E-state index is -0.270. The fourth-order valence-corrected chi connectivity index (χ4v) is 1.57. The van der Waals surface area contributed by atoms with E-state index in [1.54, 1.807) is 39.1 Å². The van der Waals surface area contributed by atoms with Crippen LogP contribution in [-0.2, 0) is 0 Å². The van der Waals surface area contributed by atoms with Crippen molar-refractivity contribution in [2.24, 2.45) is 5.92 Å². The second-order valence-corrected chi connectivity index (χ2v) is 4.19. The number of para-hydroxylation sites is 1. The summed E-state index contributed by atoms with van der Waals surface area (Å²) in [4.78, 5) is 13.5. The molecule has 1 N–H and O–H groups in total. The summed E-state index contributed by atoms with van der Waals surface area (Å²) in [7, 11) is 1.62. The summed E-state index contributed by atoms with van der Waals surface area (Å²) >= 11 is 0. The molecule has 1 amide bonds. The molecule has 0 radical (unpaired) electrons. The maximum atomic E-state index is 12.0. The lowest BCUT2D eigenvalue weighted by molar-refractivity contribution is 0.0782. The summed E-state index contributed by atoms with van der Waals surface area (Å²) < 4.78 is 0. The van der Waals surface area contributed by atoms with Crippen LogP contribution in [0.25, 0.3) is 0 Å². The van der Waals surface area contributed by atoms with E-state index >= 15 is 0 Å². The molecule has 4 nitrogen and oxygen atoms in total. The number of aryl methyl sites for hydroxylation is 1. The molecule has 90 valence electrons. The van der Waals surface area contributed by atoms with Crippen molar-refractivity contribution in [3.8, 4) is 11.8 Å². The molecule has 0 aliphatic carbocycles. The van der Waals surface area contributed by atoms with Gasteiger partial charge in [0.15, 0.2) is 0 Å². The van der Waals surface area contributed by atoms with Crippen LogP contribution in [0.5, 0.6) is 5.75 Å². The van der Waals surface area contributed by atoms with Crippen molar-refractivity contribution < 1.29 is 9.90 Å². The summed E-state index contributed by atoms with van der Waals surface area (Å²) in [5.74, 6) is -0.488. The van der Waals surface area contributed by atoms with Crippen molar-refractivity contribution in [3.05, 3.63) is 29.3 Å². The van der Waals surface area contributed by atoms with E-state index in [2.05, 4.69) is 6.07 Å². The fourth-order valence-electron chi connectivity index (χ4n) is 1.57. The highest BCUT2D eigenvalue weighted by molar-refractivity contribution is 5.97. The lowest BCUT2D eigenvalue weighted by Gasteiger charge is -2.19. The number of hydrogen-bond donors (Lipinski definition) is 1. The summed E-state index contributed by atoms with van der Waals surface area (Å²) in [5, 5.41) is 18.5. The van der Waals surface area contributed by atoms with Crippen LogP contribution >= 0.6 is 0 Å². The first-order chi connectivity index (χ1) is 7.97. The first kappa shape index (κ1) is 13.0. The molecule has 1 aromatic rings. The highest BCUT2D eigenvalue weighted by Gasteiger charge is 2.18. The number of amides is 1. The summed E-state index contributed by atoms with van der Waals surface area (Å²) in [6, 6.07) is 7.12. The third-order valence-corrected chi connectivity index (χ3v) is 2.58. The average molecular weight is 232 g/mol. The quantitative estimate of drug-likeness (QED) is 0.866. The second-order valence-electron chi connectivity index (χ2n) is 4.19. The smallest absolute Gasteiger partial charge is 0.257 e. The zero-order chi connectivity index (χ0) is 13.0. The molecule has 0 aliphatic heterocycles. The molecule has 1 rings (SSSR count). The first-order valence-corrected chi connectivity index (χ1v) is 5.41. The van der Waals surface area contributed by atoms with E-state index in [1.807, 2.05) is 0 Å². The van der Waals surface area contributed by atoms with Gasteiger partial charge in [-0.25, -0.2) is 0 Å².